The van der Waals surface area contributed by atoms with Gasteiger partial charge >= 0.3 is 0 Å². The van der Waals surface area contributed by atoms with Gasteiger partial charge in [0.25, 0.3) is 0 Å². The number of benzene rings is 1. The summed E-state index contributed by atoms with van der Waals surface area (Å²) in [6, 6.07) is 9.55. The van der Waals surface area contributed by atoms with Crippen LogP contribution in [0, 0.1) is 13.8 Å². The molecule has 0 aliphatic rings. The number of hydrogen-bond acceptors (Lipinski definition) is 3. The molecular formula is C14H14ClNOS. The summed E-state index contributed by atoms with van der Waals surface area (Å²) in [4.78, 5) is 5.42. The molecule has 4 heteroatoms. The van der Waals surface area contributed by atoms with Gasteiger partial charge in [-0.25, -0.2) is 4.98 Å². The molecule has 0 spiro atoms. The highest BCUT2D eigenvalue weighted by Crippen LogP contribution is 2.32. The minimum atomic E-state index is 0.00427. The highest BCUT2D eigenvalue weighted by molar-refractivity contribution is 7.99. The fourth-order valence-electron chi connectivity index (χ4n) is 1.72. The molecule has 2 aromatic rings. The van der Waals surface area contributed by atoms with Crippen molar-refractivity contribution >= 4 is 23.4 Å². The molecule has 1 aromatic carbocycles. The van der Waals surface area contributed by atoms with Gasteiger partial charge in [-0.3, -0.25) is 0 Å². The summed E-state index contributed by atoms with van der Waals surface area (Å²) < 4.78 is 0. The summed E-state index contributed by atoms with van der Waals surface area (Å²) in [5.41, 5.74) is 3.04. The van der Waals surface area contributed by atoms with E-state index in [0.29, 0.717) is 5.02 Å². The van der Waals surface area contributed by atoms with Crippen molar-refractivity contribution in [2.45, 2.75) is 30.4 Å². The molecule has 0 bridgehead atoms. The molecule has 0 saturated carbocycles. The maximum atomic E-state index is 9.32. The van der Waals surface area contributed by atoms with E-state index in [1.165, 1.54) is 17.3 Å². The zero-order chi connectivity index (χ0) is 13.1. The normalized spacial score (nSPS) is 10.7. The summed E-state index contributed by atoms with van der Waals surface area (Å²) in [6.07, 6.45) is 0. The van der Waals surface area contributed by atoms with Crippen molar-refractivity contribution in [3.05, 3.63) is 52.2 Å². The Kier molecular flexibility index (Phi) is 4.27. The van der Waals surface area contributed by atoms with E-state index in [0.717, 1.165) is 21.2 Å². The number of aliphatic hydroxyl groups excluding tert-OH is 1. The number of aryl methyl sites for hydroxylation is 2. The Hall–Kier alpha value is -1.03. The first-order valence-corrected chi connectivity index (χ1v) is 6.80. The molecule has 18 heavy (non-hydrogen) atoms. The van der Waals surface area contributed by atoms with Gasteiger partial charge in [-0.1, -0.05) is 29.4 Å². The van der Waals surface area contributed by atoms with Crippen LogP contribution < -0.4 is 0 Å². The molecule has 0 aliphatic carbocycles. The molecular weight excluding hydrogens is 266 g/mol. The third-order valence-electron chi connectivity index (χ3n) is 2.49. The summed E-state index contributed by atoms with van der Waals surface area (Å²) >= 11 is 7.51. The molecule has 0 saturated heterocycles. The predicted molar refractivity (Wildman–Crippen MR) is 75.2 cm³/mol. The molecule has 94 valence electrons. The number of halogens is 1. The Morgan fingerprint density at radius 1 is 1.22 bits per heavy atom. The molecule has 0 atom stereocenters. The van der Waals surface area contributed by atoms with Crippen LogP contribution in [-0.4, -0.2) is 10.1 Å². The Balaban J connectivity index is 2.35. The predicted octanol–water partition coefficient (Wildman–Crippen LogP) is 4.00. The number of pyridine rings is 1. The monoisotopic (exact) mass is 279 g/mol. The van der Waals surface area contributed by atoms with E-state index < -0.39 is 0 Å². The van der Waals surface area contributed by atoms with Gasteiger partial charge in [-0.05, 0) is 49.2 Å². The lowest BCUT2D eigenvalue weighted by atomic mass is 10.2. The van der Waals surface area contributed by atoms with Gasteiger partial charge in [0.2, 0.25) is 0 Å². The van der Waals surface area contributed by atoms with Crippen LogP contribution in [0.15, 0.2) is 40.3 Å². The van der Waals surface area contributed by atoms with Gasteiger partial charge in [0, 0.05) is 15.6 Å². The molecule has 0 unspecified atom stereocenters. The summed E-state index contributed by atoms with van der Waals surface area (Å²) in [5.74, 6) is 0. The second-order valence-electron chi connectivity index (χ2n) is 4.14. The molecule has 0 aliphatic heterocycles. The molecule has 2 nitrogen and oxygen atoms in total. The lowest BCUT2D eigenvalue weighted by Crippen LogP contribution is -1.90. The van der Waals surface area contributed by atoms with Crippen LogP contribution >= 0.6 is 23.4 Å². The van der Waals surface area contributed by atoms with E-state index in [1.807, 2.05) is 38.1 Å². The minimum Gasteiger partial charge on any atom is -0.392 e. The second-order valence-corrected chi connectivity index (χ2v) is 5.63. The Labute approximate surface area is 116 Å². The molecule has 0 radical (unpaired) electrons. The average Bonchev–Trinajstić information content (AvgIpc) is 2.27. The highest BCUT2D eigenvalue weighted by Gasteiger charge is 2.06. The maximum absolute atomic E-state index is 9.32. The van der Waals surface area contributed by atoms with Crippen molar-refractivity contribution in [1.82, 2.24) is 4.98 Å². The first-order chi connectivity index (χ1) is 8.58. The molecule has 2 rings (SSSR count). The van der Waals surface area contributed by atoms with E-state index in [-0.39, 0.29) is 6.61 Å². The van der Waals surface area contributed by atoms with Crippen LogP contribution in [0.4, 0.5) is 0 Å². The smallest absolute Gasteiger partial charge is 0.101 e. The molecule has 1 heterocycles. The largest absolute Gasteiger partial charge is 0.392 e. The number of aromatic nitrogens is 1. The summed E-state index contributed by atoms with van der Waals surface area (Å²) in [7, 11) is 0. The Bertz CT molecular complexity index is 551. The van der Waals surface area contributed by atoms with Crippen molar-refractivity contribution in [2.75, 3.05) is 0 Å². The van der Waals surface area contributed by atoms with Gasteiger partial charge in [0.1, 0.15) is 5.03 Å². The average molecular weight is 280 g/mol. The fourth-order valence-corrected chi connectivity index (χ4v) is 3.07. The van der Waals surface area contributed by atoms with Crippen molar-refractivity contribution in [1.29, 1.82) is 0 Å². The van der Waals surface area contributed by atoms with Crippen molar-refractivity contribution in [2.24, 2.45) is 0 Å². The van der Waals surface area contributed by atoms with Crippen molar-refractivity contribution in [3.63, 3.8) is 0 Å². The van der Waals surface area contributed by atoms with Crippen LogP contribution in [0.5, 0.6) is 0 Å². The SMILES string of the molecule is Cc1cc(C)nc(Sc2cc(Cl)ccc2CO)c1. The zero-order valence-corrected chi connectivity index (χ0v) is 11.8. The summed E-state index contributed by atoms with van der Waals surface area (Å²) in [5, 5.41) is 10.9. The van der Waals surface area contributed by atoms with Crippen LogP contribution in [0.1, 0.15) is 16.8 Å². The fraction of sp³-hybridized carbons (Fsp3) is 0.214. The molecule has 0 fully saturated rings. The summed E-state index contributed by atoms with van der Waals surface area (Å²) in [6.45, 7) is 4.02. The molecule has 1 aromatic heterocycles. The van der Waals surface area contributed by atoms with E-state index in [4.69, 9.17) is 11.6 Å². The first kappa shape index (κ1) is 13.4. The number of hydrogen-bond donors (Lipinski definition) is 1. The van der Waals surface area contributed by atoms with Crippen LogP contribution in [0.25, 0.3) is 0 Å². The van der Waals surface area contributed by atoms with E-state index in [9.17, 15) is 5.11 Å². The lowest BCUT2D eigenvalue weighted by molar-refractivity contribution is 0.279. The van der Waals surface area contributed by atoms with E-state index in [1.54, 1.807) is 6.07 Å². The maximum Gasteiger partial charge on any atom is 0.101 e. The van der Waals surface area contributed by atoms with Crippen molar-refractivity contribution in [3.8, 4) is 0 Å². The van der Waals surface area contributed by atoms with E-state index in [2.05, 4.69) is 4.98 Å². The van der Waals surface area contributed by atoms with E-state index >= 15 is 0 Å². The van der Waals surface area contributed by atoms with Gasteiger partial charge < -0.3 is 5.11 Å². The van der Waals surface area contributed by atoms with Gasteiger partial charge in [0.15, 0.2) is 0 Å². The topological polar surface area (TPSA) is 33.1 Å². The van der Waals surface area contributed by atoms with Crippen LogP contribution in [0.3, 0.4) is 0 Å². The first-order valence-electron chi connectivity index (χ1n) is 5.61. The number of rotatable bonds is 3. The second kappa shape index (κ2) is 5.74. The van der Waals surface area contributed by atoms with Gasteiger partial charge in [0.05, 0.1) is 6.61 Å². The number of nitrogens with zero attached hydrogens (tertiary/aromatic N) is 1. The lowest BCUT2D eigenvalue weighted by Gasteiger charge is -2.08. The van der Waals surface area contributed by atoms with Crippen LogP contribution in [0.2, 0.25) is 5.02 Å². The Morgan fingerprint density at radius 3 is 2.67 bits per heavy atom. The third kappa shape index (κ3) is 3.25. The zero-order valence-electron chi connectivity index (χ0n) is 10.3. The Morgan fingerprint density at radius 2 is 2.00 bits per heavy atom. The van der Waals surface area contributed by atoms with Crippen molar-refractivity contribution < 1.29 is 5.11 Å². The standard InChI is InChI=1S/C14H14ClNOS/c1-9-5-10(2)16-14(6-9)18-13-7-12(15)4-3-11(13)8-17/h3-7,17H,8H2,1-2H3. The third-order valence-corrected chi connectivity index (χ3v) is 3.74. The van der Waals surface area contributed by atoms with Crippen LogP contribution in [-0.2, 0) is 6.61 Å². The minimum absolute atomic E-state index is 0.00427. The van der Waals surface area contributed by atoms with Gasteiger partial charge in [-0.15, -0.1) is 0 Å². The molecule has 1 N–H and O–H groups in total. The molecule has 0 amide bonds. The highest BCUT2D eigenvalue weighted by atomic mass is 35.5. The quantitative estimate of drug-likeness (QED) is 0.922. The van der Waals surface area contributed by atoms with Gasteiger partial charge in [-0.2, -0.15) is 0 Å². The number of aliphatic hydroxyl groups is 1.